The molecule has 3 aromatic rings. The van der Waals surface area contributed by atoms with Crippen LogP contribution in [0.15, 0.2) is 87.5 Å². The van der Waals surface area contributed by atoms with Gasteiger partial charge >= 0.3 is 12.7 Å². The van der Waals surface area contributed by atoms with Crippen LogP contribution < -0.4 is 9.47 Å². The van der Waals surface area contributed by atoms with E-state index in [1.54, 1.807) is 18.2 Å². The fraction of sp³-hybridized carbons (Fsp3) is 0.143. The van der Waals surface area contributed by atoms with Crippen LogP contribution in [0, 0.1) is 6.92 Å². The highest BCUT2D eigenvalue weighted by molar-refractivity contribution is 7.97. The number of benzene rings is 3. The topological polar surface area (TPSA) is 18.5 Å². The lowest BCUT2D eigenvalue weighted by molar-refractivity contribution is -0.276. The van der Waals surface area contributed by atoms with Gasteiger partial charge in [0.1, 0.15) is 16.6 Å². The van der Waals surface area contributed by atoms with Gasteiger partial charge in [0.05, 0.1) is 0 Å². The Morgan fingerprint density at radius 2 is 1.13 bits per heavy atom. The van der Waals surface area contributed by atoms with Crippen molar-refractivity contribution in [1.82, 2.24) is 0 Å². The largest absolute Gasteiger partial charge is 0.573 e. The number of aryl methyl sites for hydroxylation is 1. The monoisotopic (exact) mass is 445 g/mol. The van der Waals surface area contributed by atoms with Crippen molar-refractivity contribution in [1.29, 1.82) is 0 Å². The van der Waals surface area contributed by atoms with Crippen LogP contribution in [-0.4, -0.2) is 12.7 Å². The minimum Gasteiger partial charge on any atom is -0.406 e. The zero-order valence-corrected chi connectivity index (χ0v) is 16.2. The molecule has 0 radical (unpaired) electrons. The average molecular weight is 445 g/mol. The number of ether oxygens (including phenoxy) is 2. The number of hydrogen-bond donors (Lipinski definition) is 0. The van der Waals surface area contributed by atoms with Crippen LogP contribution >= 0.6 is 0 Å². The molecule has 3 aromatic carbocycles. The van der Waals surface area contributed by atoms with Crippen molar-refractivity contribution in [2.24, 2.45) is 0 Å². The van der Waals surface area contributed by atoms with E-state index in [0.717, 1.165) is 17.7 Å². The quantitative estimate of drug-likeness (QED) is 0.315. The van der Waals surface area contributed by atoms with Crippen LogP contribution in [-0.2, 0) is 10.9 Å². The Labute approximate surface area is 171 Å². The maximum absolute atomic E-state index is 12.9. The summed E-state index contributed by atoms with van der Waals surface area (Å²) in [6.45, 7) is 1.87. The van der Waals surface area contributed by atoms with Gasteiger partial charge < -0.3 is 9.47 Å². The number of halogens is 6. The Hall–Kier alpha value is -2.81. The van der Waals surface area contributed by atoms with Crippen LogP contribution in [0.1, 0.15) is 5.56 Å². The summed E-state index contributed by atoms with van der Waals surface area (Å²) in [7, 11) is -1.06. The normalized spacial score (nSPS) is 13.0. The molecule has 158 valence electrons. The average Bonchev–Trinajstić information content (AvgIpc) is 2.64. The molecular formula is C21H15F6O2S+. The molecule has 9 heteroatoms. The van der Waals surface area contributed by atoms with Crippen molar-refractivity contribution < 1.29 is 35.8 Å². The fourth-order valence-corrected chi connectivity index (χ4v) is 4.79. The first-order chi connectivity index (χ1) is 14.0. The minimum absolute atomic E-state index is 0.253. The molecule has 0 aliphatic carbocycles. The molecular weight excluding hydrogens is 430 g/mol. The third kappa shape index (κ3) is 5.85. The molecule has 0 bridgehead atoms. The van der Waals surface area contributed by atoms with E-state index in [9.17, 15) is 26.3 Å². The summed E-state index contributed by atoms with van der Waals surface area (Å²) in [5.41, 5.74) is 0.955. The predicted octanol–water partition coefficient (Wildman–Crippen LogP) is 6.89. The van der Waals surface area contributed by atoms with Crippen molar-refractivity contribution in [2.45, 2.75) is 34.3 Å². The minimum atomic E-state index is -4.89. The SMILES string of the molecule is Cc1ccc([S+](c2ccc(OC(F)(F)F)cc2)c2ccccc2OC(F)(F)F)cc1. The Bertz CT molecular complexity index is 982. The van der Waals surface area contributed by atoms with Gasteiger partial charge in [0.25, 0.3) is 0 Å². The van der Waals surface area contributed by atoms with E-state index in [1.165, 1.54) is 30.3 Å². The second kappa shape index (κ2) is 8.51. The van der Waals surface area contributed by atoms with Gasteiger partial charge in [-0.3, -0.25) is 0 Å². The van der Waals surface area contributed by atoms with Gasteiger partial charge in [-0.15, -0.1) is 26.3 Å². The maximum Gasteiger partial charge on any atom is 0.573 e. The summed E-state index contributed by atoms with van der Waals surface area (Å²) in [6.07, 6.45) is -9.73. The lowest BCUT2D eigenvalue weighted by Gasteiger charge is -2.14. The molecule has 0 N–H and O–H groups in total. The molecule has 0 spiro atoms. The zero-order chi connectivity index (χ0) is 21.9. The van der Waals surface area contributed by atoms with Crippen molar-refractivity contribution in [3.8, 4) is 11.5 Å². The standard InChI is InChI=1S/C21H15F6O2S/c1-14-6-10-16(11-7-14)30(17-12-8-15(9-13-17)28-20(22,23)24)19-5-3-2-4-18(19)29-21(25,26)27/h2-13H,1H3/q+1. The molecule has 0 saturated heterocycles. The molecule has 2 nitrogen and oxygen atoms in total. The first kappa shape index (κ1) is 21.9. The molecule has 0 heterocycles. The Balaban J connectivity index is 2.08. The first-order valence-electron chi connectivity index (χ1n) is 8.53. The number of hydrogen-bond acceptors (Lipinski definition) is 2. The number of rotatable bonds is 5. The molecule has 0 aliphatic heterocycles. The maximum atomic E-state index is 12.9. The molecule has 3 rings (SSSR count). The van der Waals surface area contributed by atoms with E-state index < -0.39 is 29.4 Å². The first-order valence-corrected chi connectivity index (χ1v) is 9.76. The van der Waals surface area contributed by atoms with Crippen LogP contribution in [0.4, 0.5) is 26.3 Å². The highest BCUT2D eigenvalue weighted by atomic mass is 32.2. The number of alkyl halides is 6. The summed E-state index contributed by atoms with van der Waals surface area (Å²) in [6, 6.07) is 17.9. The summed E-state index contributed by atoms with van der Waals surface area (Å²) in [5, 5.41) is 0. The molecule has 1 unspecified atom stereocenters. The van der Waals surface area contributed by atoms with E-state index in [1.807, 2.05) is 19.1 Å². The van der Waals surface area contributed by atoms with E-state index in [0.29, 0.717) is 9.79 Å². The summed E-state index contributed by atoms with van der Waals surface area (Å²) < 4.78 is 84.1. The van der Waals surface area contributed by atoms with Gasteiger partial charge in [0.15, 0.2) is 15.5 Å². The molecule has 0 aromatic heterocycles. The fourth-order valence-electron chi connectivity index (χ4n) is 2.67. The van der Waals surface area contributed by atoms with Gasteiger partial charge in [-0.05, 0) is 55.5 Å². The Morgan fingerprint density at radius 1 is 0.633 bits per heavy atom. The molecule has 30 heavy (non-hydrogen) atoms. The van der Waals surface area contributed by atoms with Crippen LogP contribution in [0.3, 0.4) is 0 Å². The van der Waals surface area contributed by atoms with Crippen molar-refractivity contribution >= 4 is 10.9 Å². The van der Waals surface area contributed by atoms with E-state index in [2.05, 4.69) is 9.47 Å². The zero-order valence-electron chi connectivity index (χ0n) is 15.4. The van der Waals surface area contributed by atoms with Crippen molar-refractivity contribution in [3.63, 3.8) is 0 Å². The third-order valence-corrected chi connectivity index (χ3v) is 6.11. The van der Waals surface area contributed by atoms with Gasteiger partial charge in [-0.1, -0.05) is 29.8 Å². The second-order valence-corrected chi connectivity index (χ2v) is 8.13. The predicted molar refractivity (Wildman–Crippen MR) is 99.6 cm³/mol. The van der Waals surface area contributed by atoms with E-state index in [4.69, 9.17) is 0 Å². The summed E-state index contributed by atoms with van der Waals surface area (Å²) in [4.78, 5) is 1.44. The van der Waals surface area contributed by atoms with Crippen LogP contribution in [0.25, 0.3) is 0 Å². The molecule has 0 saturated carbocycles. The van der Waals surface area contributed by atoms with Crippen molar-refractivity contribution in [3.05, 3.63) is 78.4 Å². The van der Waals surface area contributed by atoms with Crippen molar-refractivity contribution in [2.75, 3.05) is 0 Å². The Kier molecular flexibility index (Phi) is 6.21. The second-order valence-electron chi connectivity index (χ2n) is 6.13. The van der Waals surface area contributed by atoms with Gasteiger partial charge in [0, 0.05) is 0 Å². The lowest BCUT2D eigenvalue weighted by Crippen LogP contribution is -2.19. The van der Waals surface area contributed by atoms with Gasteiger partial charge in [-0.25, -0.2) is 0 Å². The molecule has 0 fully saturated rings. The molecule has 0 aliphatic rings. The lowest BCUT2D eigenvalue weighted by atomic mass is 10.2. The van der Waals surface area contributed by atoms with Crippen LogP contribution in [0.5, 0.6) is 11.5 Å². The third-order valence-electron chi connectivity index (χ3n) is 3.84. The highest BCUT2D eigenvalue weighted by Gasteiger charge is 2.38. The molecule has 0 amide bonds. The Morgan fingerprint density at radius 3 is 1.67 bits per heavy atom. The van der Waals surface area contributed by atoms with Gasteiger partial charge in [-0.2, -0.15) is 0 Å². The summed E-state index contributed by atoms with van der Waals surface area (Å²) in [5.74, 6) is -0.789. The highest BCUT2D eigenvalue weighted by Crippen LogP contribution is 2.39. The van der Waals surface area contributed by atoms with Gasteiger partial charge in [0.2, 0.25) is 4.90 Å². The van der Waals surface area contributed by atoms with Crippen LogP contribution in [0.2, 0.25) is 0 Å². The van der Waals surface area contributed by atoms with E-state index >= 15 is 0 Å². The van der Waals surface area contributed by atoms with E-state index in [-0.39, 0.29) is 10.6 Å². The summed E-state index contributed by atoms with van der Waals surface area (Å²) >= 11 is 0. The smallest absolute Gasteiger partial charge is 0.406 e. The number of para-hydroxylation sites is 1. The molecule has 1 atom stereocenters.